The molecule has 3 nitrogen and oxygen atoms in total. The second-order valence-corrected chi connectivity index (χ2v) is 6.81. The molecule has 2 heterocycles. The van der Waals surface area contributed by atoms with Crippen LogP contribution in [0.5, 0.6) is 0 Å². The highest BCUT2D eigenvalue weighted by atomic mass is 127. The van der Waals surface area contributed by atoms with Crippen LogP contribution in [-0.2, 0) is 6.42 Å². The number of nitrogens with zero attached hydrogens (tertiary/aromatic N) is 3. The van der Waals surface area contributed by atoms with Crippen LogP contribution in [-0.4, -0.2) is 20.4 Å². The van der Waals surface area contributed by atoms with Gasteiger partial charge in [-0.25, -0.2) is 9.97 Å². The van der Waals surface area contributed by atoms with Crippen LogP contribution >= 0.6 is 50.1 Å². The lowest BCUT2D eigenvalue weighted by atomic mass is 10.3. The molecule has 0 saturated heterocycles. The van der Waals surface area contributed by atoms with Crippen molar-refractivity contribution in [3.8, 4) is 5.69 Å². The van der Waals surface area contributed by atoms with E-state index in [1.165, 1.54) is 3.57 Å². The molecule has 1 aromatic carbocycles. The number of rotatable bonds is 3. The molecule has 0 aliphatic heterocycles. The van der Waals surface area contributed by atoms with E-state index in [1.807, 2.05) is 6.07 Å². The summed E-state index contributed by atoms with van der Waals surface area (Å²) in [5.74, 6) is 1.47. The molecule has 0 aliphatic carbocycles. The SMILES string of the molecule is ClCCc1nc2cc(Br)cnc2n1-c1ccc(I)cc1. The smallest absolute Gasteiger partial charge is 0.164 e. The predicted molar refractivity (Wildman–Crippen MR) is 93.7 cm³/mol. The molecule has 0 spiro atoms. The molecule has 0 aliphatic rings. The van der Waals surface area contributed by atoms with E-state index in [2.05, 4.69) is 77.3 Å². The average Bonchev–Trinajstić information content (AvgIpc) is 2.77. The molecule has 0 radical (unpaired) electrons. The highest BCUT2D eigenvalue weighted by Gasteiger charge is 2.13. The summed E-state index contributed by atoms with van der Waals surface area (Å²) >= 11 is 11.6. The second kappa shape index (κ2) is 5.99. The quantitative estimate of drug-likeness (QED) is 0.422. The van der Waals surface area contributed by atoms with Crippen LogP contribution in [0.25, 0.3) is 16.9 Å². The van der Waals surface area contributed by atoms with E-state index in [4.69, 9.17) is 11.6 Å². The normalized spacial score (nSPS) is 11.2. The third kappa shape index (κ3) is 2.71. The van der Waals surface area contributed by atoms with Crippen LogP contribution in [0.1, 0.15) is 5.82 Å². The summed E-state index contributed by atoms with van der Waals surface area (Å²) in [5.41, 5.74) is 2.79. The van der Waals surface area contributed by atoms with Gasteiger partial charge in [0.25, 0.3) is 0 Å². The van der Waals surface area contributed by atoms with Gasteiger partial charge in [-0.2, -0.15) is 0 Å². The number of pyridine rings is 1. The van der Waals surface area contributed by atoms with E-state index < -0.39 is 0 Å². The minimum atomic E-state index is 0.537. The summed E-state index contributed by atoms with van der Waals surface area (Å²) in [5, 5.41) is 0. The number of hydrogen-bond acceptors (Lipinski definition) is 2. The standard InChI is InChI=1S/C14H10BrClIN3/c15-9-7-12-14(18-8-9)20(13(19-12)5-6-16)11-3-1-10(17)2-4-11/h1-4,7-8H,5-6H2. The van der Waals surface area contributed by atoms with Crippen molar-refractivity contribution in [1.82, 2.24) is 14.5 Å². The van der Waals surface area contributed by atoms with Crippen molar-refractivity contribution in [2.45, 2.75) is 6.42 Å². The monoisotopic (exact) mass is 461 g/mol. The number of fused-ring (bicyclic) bond motifs is 1. The van der Waals surface area contributed by atoms with Crippen LogP contribution in [0.15, 0.2) is 41.0 Å². The third-order valence-corrected chi connectivity index (χ3v) is 4.28. The Morgan fingerprint density at radius 2 is 2.00 bits per heavy atom. The summed E-state index contributed by atoms with van der Waals surface area (Å²) in [4.78, 5) is 9.14. The maximum Gasteiger partial charge on any atom is 0.164 e. The molecular weight excluding hydrogens is 452 g/mol. The first-order valence-electron chi connectivity index (χ1n) is 6.04. The Hall–Kier alpha value is -0.660. The summed E-state index contributed by atoms with van der Waals surface area (Å²) in [6.45, 7) is 0. The molecule has 20 heavy (non-hydrogen) atoms. The summed E-state index contributed by atoms with van der Waals surface area (Å²) in [6, 6.07) is 10.3. The topological polar surface area (TPSA) is 30.7 Å². The van der Waals surface area contributed by atoms with Crippen molar-refractivity contribution < 1.29 is 0 Å². The molecule has 0 N–H and O–H groups in total. The molecule has 3 aromatic rings. The van der Waals surface area contributed by atoms with Gasteiger partial charge in [-0.15, -0.1) is 11.6 Å². The van der Waals surface area contributed by atoms with Gasteiger partial charge in [-0.05, 0) is 68.9 Å². The Morgan fingerprint density at radius 1 is 1.25 bits per heavy atom. The first kappa shape index (κ1) is 14.3. The first-order chi connectivity index (χ1) is 9.69. The van der Waals surface area contributed by atoms with Gasteiger partial charge in [0.05, 0.1) is 0 Å². The van der Waals surface area contributed by atoms with Gasteiger partial charge in [-0.1, -0.05) is 0 Å². The molecule has 102 valence electrons. The highest BCUT2D eigenvalue weighted by molar-refractivity contribution is 14.1. The molecule has 0 fully saturated rings. The summed E-state index contributed by atoms with van der Waals surface area (Å²) in [6.07, 6.45) is 2.50. The van der Waals surface area contributed by atoms with E-state index in [-0.39, 0.29) is 0 Å². The Morgan fingerprint density at radius 3 is 2.70 bits per heavy atom. The number of alkyl halides is 1. The highest BCUT2D eigenvalue weighted by Crippen LogP contribution is 2.23. The van der Waals surface area contributed by atoms with E-state index in [0.717, 1.165) is 27.1 Å². The zero-order valence-electron chi connectivity index (χ0n) is 10.4. The van der Waals surface area contributed by atoms with Crippen LogP contribution in [0.3, 0.4) is 0 Å². The van der Waals surface area contributed by atoms with E-state index >= 15 is 0 Å². The van der Waals surface area contributed by atoms with Gasteiger partial charge in [-0.3, -0.25) is 4.57 Å². The lowest BCUT2D eigenvalue weighted by Crippen LogP contribution is -2.02. The van der Waals surface area contributed by atoms with Crippen LogP contribution in [0, 0.1) is 3.57 Å². The van der Waals surface area contributed by atoms with Gasteiger partial charge < -0.3 is 0 Å². The maximum atomic E-state index is 5.90. The van der Waals surface area contributed by atoms with Gasteiger partial charge in [0.1, 0.15) is 11.3 Å². The summed E-state index contributed by atoms with van der Waals surface area (Å²) < 4.78 is 4.19. The number of imidazole rings is 1. The minimum Gasteiger partial charge on any atom is -0.281 e. The molecule has 0 saturated carbocycles. The fraction of sp³-hybridized carbons (Fsp3) is 0.143. The van der Waals surface area contributed by atoms with E-state index in [1.54, 1.807) is 6.20 Å². The number of aryl methyl sites for hydroxylation is 1. The lowest BCUT2D eigenvalue weighted by Gasteiger charge is -2.08. The van der Waals surface area contributed by atoms with Crippen molar-refractivity contribution in [3.05, 3.63) is 50.4 Å². The van der Waals surface area contributed by atoms with Crippen LogP contribution in [0.2, 0.25) is 0 Å². The fourth-order valence-corrected chi connectivity index (χ4v) is 2.95. The maximum absolute atomic E-state index is 5.90. The number of halogens is 3. The van der Waals surface area contributed by atoms with E-state index in [9.17, 15) is 0 Å². The number of benzene rings is 1. The van der Waals surface area contributed by atoms with Gasteiger partial charge in [0.15, 0.2) is 5.65 Å². The predicted octanol–water partition coefficient (Wildman–Crippen LogP) is 4.57. The Labute approximate surface area is 143 Å². The van der Waals surface area contributed by atoms with Crippen molar-refractivity contribution >= 4 is 61.3 Å². The largest absolute Gasteiger partial charge is 0.281 e. The van der Waals surface area contributed by atoms with Crippen LogP contribution < -0.4 is 0 Å². The third-order valence-electron chi connectivity index (χ3n) is 2.94. The molecule has 6 heteroatoms. The van der Waals surface area contributed by atoms with Gasteiger partial charge in [0, 0.05) is 32.2 Å². The fourth-order valence-electron chi connectivity index (χ4n) is 2.10. The van der Waals surface area contributed by atoms with Crippen LogP contribution in [0.4, 0.5) is 0 Å². The number of aromatic nitrogens is 3. The zero-order chi connectivity index (χ0) is 14.1. The van der Waals surface area contributed by atoms with Crippen molar-refractivity contribution in [3.63, 3.8) is 0 Å². The Balaban J connectivity index is 2.25. The molecule has 0 bridgehead atoms. The minimum absolute atomic E-state index is 0.537. The molecule has 0 atom stereocenters. The van der Waals surface area contributed by atoms with Crippen molar-refractivity contribution in [1.29, 1.82) is 0 Å². The molecule has 0 amide bonds. The first-order valence-corrected chi connectivity index (χ1v) is 8.44. The molecule has 2 aromatic heterocycles. The zero-order valence-corrected chi connectivity index (χ0v) is 14.9. The van der Waals surface area contributed by atoms with Crippen molar-refractivity contribution in [2.24, 2.45) is 0 Å². The second-order valence-electron chi connectivity index (χ2n) is 4.28. The Kier molecular flexibility index (Phi) is 4.28. The van der Waals surface area contributed by atoms with Crippen molar-refractivity contribution in [2.75, 3.05) is 5.88 Å². The van der Waals surface area contributed by atoms with Gasteiger partial charge in [0.2, 0.25) is 0 Å². The molecule has 3 rings (SSSR count). The molecular formula is C14H10BrClIN3. The van der Waals surface area contributed by atoms with E-state index in [0.29, 0.717) is 12.3 Å². The number of hydrogen-bond donors (Lipinski definition) is 0. The molecule has 0 unspecified atom stereocenters. The lowest BCUT2D eigenvalue weighted by molar-refractivity contribution is 0.905. The summed E-state index contributed by atoms with van der Waals surface area (Å²) in [7, 11) is 0. The Bertz CT molecular complexity index is 755. The average molecular weight is 463 g/mol. The van der Waals surface area contributed by atoms with Gasteiger partial charge >= 0.3 is 0 Å².